The van der Waals surface area contributed by atoms with Crippen LogP contribution in [0, 0.1) is 5.82 Å². The zero-order valence-corrected chi connectivity index (χ0v) is 17.9. The van der Waals surface area contributed by atoms with Crippen molar-refractivity contribution in [1.29, 1.82) is 0 Å². The third kappa shape index (κ3) is 3.53. The van der Waals surface area contributed by atoms with Crippen LogP contribution in [-0.4, -0.2) is 30.3 Å². The number of fused-ring (bicyclic) bond motifs is 3. The molecule has 3 heterocycles. The predicted octanol–water partition coefficient (Wildman–Crippen LogP) is 3.76. The van der Waals surface area contributed by atoms with Gasteiger partial charge in [0.2, 0.25) is 5.91 Å². The van der Waals surface area contributed by atoms with Crippen molar-refractivity contribution < 1.29 is 9.18 Å². The maximum atomic E-state index is 13.4. The van der Waals surface area contributed by atoms with Gasteiger partial charge in [-0.05, 0) is 54.4 Å². The van der Waals surface area contributed by atoms with Gasteiger partial charge in [0.05, 0.1) is 11.3 Å². The first kappa shape index (κ1) is 20.5. The summed E-state index contributed by atoms with van der Waals surface area (Å²) in [5.74, 6) is -0.494. The first-order chi connectivity index (χ1) is 16.0. The van der Waals surface area contributed by atoms with Crippen molar-refractivity contribution in [2.45, 2.75) is 20.3 Å². The van der Waals surface area contributed by atoms with Gasteiger partial charge >= 0.3 is 0 Å². The molecule has 0 saturated heterocycles. The molecule has 0 radical (unpaired) electrons. The average Bonchev–Trinajstić information content (AvgIpc) is 3.19. The average molecular weight is 442 g/mol. The fraction of sp³-hybridized carbons (Fsp3) is 0.125. The molecule has 0 aliphatic carbocycles. The molecule has 0 atom stereocenters. The van der Waals surface area contributed by atoms with E-state index in [1.165, 1.54) is 23.6 Å². The topological polar surface area (TPSA) is 94.2 Å². The summed E-state index contributed by atoms with van der Waals surface area (Å²) in [6.45, 7) is 3.41. The number of halogens is 1. The molecule has 3 aromatic heterocycles. The number of pyridine rings is 1. The number of aromatic nitrogens is 5. The molecule has 0 aliphatic rings. The van der Waals surface area contributed by atoms with Crippen molar-refractivity contribution in [3.63, 3.8) is 0 Å². The van der Waals surface area contributed by atoms with Crippen LogP contribution in [0.1, 0.15) is 19.5 Å². The minimum atomic E-state index is -0.342. The summed E-state index contributed by atoms with van der Waals surface area (Å²) < 4.78 is 16.5. The highest BCUT2D eigenvalue weighted by molar-refractivity contribution is 5.88. The van der Waals surface area contributed by atoms with Crippen LogP contribution in [0.2, 0.25) is 0 Å². The third-order valence-corrected chi connectivity index (χ3v) is 5.39. The Balaban J connectivity index is 1.66. The molecule has 5 rings (SSSR count). The van der Waals surface area contributed by atoms with Gasteiger partial charge in [-0.1, -0.05) is 19.1 Å². The lowest BCUT2D eigenvalue weighted by Gasteiger charge is -2.09. The molecule has 9 heteroatoms. The van der Waals surface area contributed by atoms with Crippen LogP contribution in [-0.2, 0) is 11.2 Å². The standard InChI is InChI=1S/C24H19FN6O2/c1-3-19-21(15-4-6-16(25)7-5-15)23-28-27-22-20(31(23)29-19)12-13-30(24(22)33)18-10-8-17(9-11-18)26-14(2)32/h4-13H,3H2,1-2H3,(H,26,32). The summed E-state index contributed by atoms with van der Waals surface area (Å²) in [5.41, 5.74) is 4.45. The van der Waals surface area contributed by atoms with Gasteiger partial charge in [-0.2, -0.15) is 5.10 Å². The number of hydrogen-bond donors (Lipinski definition) is 1. The Morgan fingerprint density at radius 1 is 1.03 bits per heavy atom. The van der Waals surface area contributed by atoms with Gasteiger partial charge < -0.3 is 5.32 Å². The van der Waals surface area contributed by atoms with Gasteiger partial charge in [0, 0.05) is 24.5 Å². The molecule has 0 spiro atoms. The molecule has 1 amide bonds. The predicted molar refractivity (Wildman–Crippen MR) is 123 cm³/mol. The van der Waals surface area contributed by atoms with Crippen molar-refractivity contribution in [3.05, 3.63) is 82.7 Å². The summed E-state index contributed by atoms with van der Waals surface area (Å²) in [4.78, 5) is 24.4. The van der Waals surface area contributed by atoms with E-state index in [9.17, 15) is 14.0 Å². The molecule has 1 N–H and O–H groups in total. The Kier molecular flexibility index (Phi) is 4.93. The Bertz CT molecular complexity index is 1570. The minimum absolute atomic E-state index is 0.171. The van der Waals surface area contributed by atoms with Crippen molar-refractivity contribution >= 4 is 28.3 Å². The lowest BCUT2D eigenvalue weighted by atomic mass is 10.0. The number of carbonyl (C=O) groups is 1. The van der Waals surface area contributed by atoms with E-state index in [2.05, 4.69) is 20.6 Å². The number of nitrogens with zero attached hydrogens (tertiary/aromatic N) is 5. The SMILES string of the molecule is CCc1nn2c(nnc3c(=O)n(-c4ccc(NC(C)=O)cc4)ccc32)c1-c1ccc(F)cc1. The second kappa shape index (κ2) is 7.94. The molecule has 2 aromatic carbocycles. The van der Waals surface area contributed by atoms with Gasteiger partial charge in [-0.15, -0.1) is 10.2 Å². The Morgan fingerprint density at radius 3 is 2.42 bits per heavy atom. The van der Waals surface area contributed by atoms with Crippen molar-refractivity contribution in [2.75, 3.05) is 5.32 Å². The monoisotopic (exact) mass is 442 g/mol. The molecule has 0 unspecified atom stereocenters. The highest BCUT2D eigenvalue weighted by Crippen LogP contribution is 2.29. The molecule has 8 nitrogen and oxygen atoms in total. The molecule has 5 aromatic rings. The van der Waals surface area contributed by atoms with Gasteiger partial charge in [0.1, 0.15) is 11.3 Å². The molecule has 0 fully saturated rings. The second-order valence-corrected chi connectivity index (χ2v) is 7.57. The normalized spacial score (nSPS) is 11.2. The largest absolute Gasteiger partial charge is 0.326 e. The van der Waals surface area contributed by atoms with E-state index in [0.717, 1.165) is 16.8 Å². The smallest absolute Gasteiger partial charge is 0.285 e. The first-order valence-electron chi connectivity index (χ1n) is 10.4. The number of benzene rings is 2. The van der Waals surface area contributed by atoms with Crippen LogP contribution < -0.4 is 10.9 Å². The van der Waals surface area contributed by atoms with Crippen LogP contribution in [0.25, 0.3) is 33.5 Å². The zero-order valence-electron chi connectivity index (χ0n) is 17.9. The van der Waals surface area contributed by atoms with Crippen LogP contribution in [0.3, 0.4) is 0 Å². The van der Waals surface area contributed by atoms with Crippen LogP contribution in [0.4, 0.5) is 10.1 Å². The highest BCUT2D eigenvalue weighted by atomic mass is 19.1. The Labute approximate surface area is 187 Å². The minimum Gasteiger partial charge on any atom is -0.326 e. The molecule has 0 saturated carbocycles. The quantitative estimate of drug-likeness (QED) is 0.457. The first-order valence-corrected chi connectivity index (χ1v) is 10.4. The van der Waals surface area contributed by atoms with Gasteiger partial charge in [-0.25, -0.2) is 8.91 Å². The number of nitrogens with one attached hydrogen (secondary N) is 1. The van der Waals surface area contributed by atoms with E-state index in [1.807, 2.05) is 6.92 Å². The van der Waals surface area contributed by atoms with E-state index in [4.69, 9.17) is 0 Å². The maximum Gasteiger partial charge on any atom is 0.285 e. The summed E-state index contributed by atoms with van der Waals surface area (Å²) in [7, 11) is 0. The lowest BCUT2D eigenvalue weighted by Crippen LogP contribution is -2.20. The fourth-order valence-corrected chi connectivity index (χ4v) is 3.86. The molecular formula is C24H19FN6O2. The van der Waals surface area contributed by atoms with Crippen molar-refractivity contribution in [3.8, 4) is 16.8 Å². The number of anilines is 1. The van der Waals surface area contributed by atoms with Crippen LogP contribution >= 0.6 is 0 Å². The molecule has 0 bridgehead atoms. The number of amides is 1. The van der Waals surface area contributed by atoms with Crippen LogP contribution in [0.15, 0.2) is 65.6 Å². The van der Waals surface area contributed by atoms with E-state index < -0.39 is 0 Å². The Morgan fingerprint density at radius 2 is 1.76 bits per heavy atom. The summed E-state index contributed by atoms with van der Waals surface area (Å²) >= 11 is 0. The van der Waals surface area contributed by atoms with E-state index >= 15 is 0 Å². The van der Waals surface area contributed by atoms with E-state index in [-0.39, 0.29) is 22.8 Å². The van der Waals surface area contributed by atoms with E-state index in [1.54, 1.807) is 53.2 Å². The van der Waals surface area contributed by atoms with Crippen molar-refractivity contribution in [1.82, 2.24) is 24.4 Å². The summed E-state index contributed by atoms with van der Waals surface area (Å²) in [6.07, 6.45) is 2.29. The highest BCUT2D eigenvalue weighted by Gasteiger charge is 2.19. The van der Waals surface area contributed by atoms with Crippen LogP contribution in [0.5, 0.6) is 0 Å². The molecular weight excluding hydrogens is 423 g/mol. The molecule has 164 valence electrons. The summed E-state index contributed by atoms with van der Waals surface area (Å²) in [6, 6.07) is 14.8. The number of carbonyl (C=O) groups excluding carboxylic acids is 1. The van der Waals surface area contributed by atoms with Gasteiger partial charge in [0.15, 0.2) is 11.2 Å². The van der Waals surface area contributed by atoms with Gasteiger partial charge in [0.25, 0.3) is 5.56 Å². The molecule has 0 aliphatic heterocycles. The number of rotatable bonds is 4. The summed E-state index contributed by atoms with van der Waals surface area (Å²) in [5, 5.41) is 15.9. The maximum absolute atomic E-state index is 13.4. The van der Waals surface area contributed by atoms with Crippen molar-refractivity contribution in [2.24, 2.45) is 0 Å². The third-order valence-electron chi connectivity index (χ3n) is 5.39. The van der Waals surface area contributed by atoms with E-state index in [0.29, 0.717) is 29.0 Å². The fourth-order valence-electron chi connectivity index (χ4n) is 3.86. The lowest BCUT2D eigenvalue weighted by molar-refractivity contribution is -0.114. The zero-order chi connectivity index (χ0) is 23.1. The molecule has 33 heavy (non-hydrogen) atoms. The number of hydrogen-bond acceptors (Lipinski definition) is 5. The number of aryl methyl sites for hydroxylation is 1. The van der Waals surface area contributed by atoms with Gasteiger partial charge in [-0.3, -0.25) is 14.2 Å². The Hall–Kier alpha value is -4.40. The second-order valence-electron chi connectivity index (χ2n) is 7.57.